The normalized spacial score (nSPS) is 21.2. The van der Waals surface area contributed by atoms with Crippen molar-refractivity contribution in [3.63, 3.8) is 0 Å². The summed E-state index contributed by atoms with van der Waals surface area (Å²) in [7, 11) is 3.84. The molecule has 17 heavy (non-hydrogen) atoms. The molecule has 1 fully saturated rings. The Morgan fingerprint density at radius 1 is 1.47 bits per heavy atom. The van der Waals surface area contributed by atoms with E-state index in [1.165, 1.54) is 25.8 Å². The molecule has 1 unspecified atom stereocenters. The molecule has 94 valence electrons. The van der Waals surface area contributed by atoms with E-state index in [0.29, 0.717) is 11.9 Å². The standard InChI is InChI=1S/C13H21N3O/c1-16-9-4-3-6-11(16)10-14-12-7-5-8-13(15-12)17-2/h5,7-8,11H,3-4,6,9-10H2,1-2H3,(H,14,15). The van der Waals surface area contributed by atoms with Gasteiger partial charge in [-0.25, -0.2) is 0 Å². The van der Waals surface area contributed by atoms with Gasteiger partial charge in [0.1, 0.15) is 5.82 Å². The quantitative estimate of drug-likeness (QED) is 0.866. The van der Waals surface area contributed by atoms with Crippen LogP contribution >= 0.6 is 0 Å². The molecular weight excluding hydrogens is 214 g/mol. The van der Waals surface area contributed by atoms with Crippen molar-refractivity contribution < 1.29 is 4.74 Å². The molecule has 4 nitrogen and oxygen atoms in total. The van der Waals surface area contributed by atoms with Crippen LogP contribution < -0.4 is 10.1 Å². The minimum Gasteiger partial charge on any atom is -0.481 e. The largest absolute Gasteiger partial charge is 0.481 e. The van der Waals surface area contributed by atoms with E-state index in [1.54, 1.807) is 7.11 Å². The van der Waals surface area contributed by atoms with Crippen molar-refractivity contribution in [2.75, 3.05) is 32.6 Å². The van der Waals surface area contributed by atoms with Crippen molar-refractivity contribution in [2.24, 2.45) is 0 Å². The number of ether oxygens (including phenoxy) is 1. The van der Waals surface area contributed by atoms with Gasteiger partial charge in [-0.2, -0.15) is 4.98 Å². The van der Waals surface area contributed by atoms with Crippen LogP contribution in [-0.2, 0) is 0 Å². The van der Waals surface area contributed by atoms with Gasteiger partial charge in [-0.05, 0) is 32.5 Å². The molecule has 1 aromatic rings. The number of likely N-dealkylation sites (N-methyl/N-ethyl adjacent to an activating group) is 1. The molecule has 0 bridgehead atoms. The van der Waals surface area contributed by atoms with Gasteiger partial charge >= 0.3 is 0 Å². The third-order valence-corrected chi connectivity index (χ3v) is 3.37. The highest BCUT2D eigenvalue weighted by Gasteiger charge is 2.18. The smallest absolute Gasteiger partial charge is 0.214 e. The molecule has 1 atom stereocenters. The van der Waals surface area contributed by atoms with Gasteiger partial charge in [-0.3, -0.25) is 0 Å². The van der Waals surface area contributed by atoms with Crippen LogP contribution in [0.3, 0.4) is 0 Å². The zero-order valence-corrected chi connectivity index (χ0v) is 10.6. The second kappa shape index (κ2) is 5.87. The molecular formula is C13H21N3O. The first kappa shape index (κ1) is 12.2. The number of hydrogen-bond donors (Lipinski definition) is 1. The van der Waals surface area contributed by atoms with E-state index >= 15 is 0 Å². The van der Waals surface area contributed by atoms with E-state index in [-0.39, 0.29) is 0 Å². The van der Waals surface area contributed by atoms with Crippen LogP contribution in [0.4, 0.5) is 5.82 Å². The van der Waals surface area contributed by atoms with Crippen molar-refractivity contribution in [1.82, 2.24) is 9.88 Å². The molecule has 0 amide bonds. The molecule has 2 heterocycles. The van der Waals surface area contributed by atoms with Gasteiger partial charge in [-0.15, -0.1) is 0 Å². The average Bonchev–Trinajstić information content (AvgIpc) is 2.38. The lowest BCUT2D eigenvalue weighted by molar-refractivity contribution is 0.194. The van der Waals surface area contributed by atoms with Crippen LogP contribution in [0.1, 0.15) is 19.3 Å². The van der Waals surface area contributed by atoms with Crippen LogP contribution in [0.25, 0.3) is 0 Å². The summed E-state index contributed by atoms with van der Waals surface area (Å²) >= 11 is 0. The lowest BCUT2D eigenvalue weighted by atomic mass is 10.0. The molecule has 1 N–H and O–H groups in total. The van der Waals surface area contributed by atoms with Gasteiger partial charge in [0.05, 0.1) is 7.11 Å². The lowest BCUT2D eigenvalue weighted by Gasteiger charge is -2.32. The number of aromatic nitrogens is 1. The summed E-state index contributed by atoms with van der Waals surface area (Å²) in [5.41, 5.74) is 0. The van der Waals surface area contributed by atoms with Crippen LogP contribution in [0.15, 0.2) is 18.2 Å². The maximum Gasteiger partial charge on any atom is 0.214 e. The zero-order valence-electron chi connectivity index (χ0n) is 10.6. The number of likely N-dealkylation sites (tertiary alicyclic amines) is 1. The Balaban J connectivity index is 1.88. The van der Waals surface area contributed by atoms with E-state index in [9.17, 15) is 0 Å². The van der Waals surface area contributed by atoms with Gasteiger partial charge in [0.25, 0.3) is 0 Å². The molecule has 0 aliphatic carbocycles. The third kappa shape index (κ3) is 3.33. The highest BCUT2D eigenvalue weighted by atomic mass is 16.5. The molecule has 0 aromatic carbocycles. The fourth-order valence-electron chi connectivity index (χ4n) is 2.25. The molecule has 0 radical (unpaired) electrons. The number of nitrogens with zero attached hydrogens (tertiary/aromatic N) is 2. The lowest BCUT2D eigenvalue weighted by Crippen LogP contribution is -2.40. The molecule has 0 spiro atoms. The minimum absolute atomic E-state index is 0.622. The number of pyridine rings is 1. The third-order valence-electron chi connectivity index (χ3n) is 3.37. The molecule has 1 saturated heterocycles. The van der Waals surface area contributed by atoms with Gasteiger partial charge in [0.2, 0.25) is 5.88 Å². The summed E-state index contributed by atoms with van der Waals surface area (Å²) in [5.74, 6) is 1.55. The van der Waals surface area contributed by atoms with Crippen LogP contribution in [0.5, 0.6) is 5.88 Å². The molecule has 4 heteroatoms. The summed E-state index contributed by atoms with van der Waals surface area (Å²) in [4.78, 5) is 6.78. The maximum absolute atomic E-state index is 5.11. The second-order valence-corrected chi connectivity index (χ2v) is 4.58. The van der Waals surface area contributed by atoms with E-state index < -0.39 is 0 Å². The molecule has 0 saturated carbocycles. The average molecular weight is 235 g/mol. The van der Waals surface area contributed by atoms with Crippen LogP contribution in [0.2, 0.25) is 0 Å². The van der Waals surface area contributed by atoms with Crippen molar-refractivity contribution in [2.45, 2.75) is 25.3 Å². The number of piperidine rings is 1. The monoisotopic (exact) mass is 235 g/mol. The van der Waals surface area contributed by atoms with E-state index in [4.69, 9.17) is 4.74 Å². The second-order valence-electron chi connectivity index (χ2n) is 4.58. The fraction of sp³-hybridized carbons (Fsp3) is 0.615. The zero-order chi connectivity index (χ0) is 12.1. The first-order valence-electron chi connectivity index (χ1n) is 6.25. The van der Waals surface area contributed by atoms with Gasteiger partial charge in [0, 0.05) is 18.7 Å². The Morgan fingerprint density at radius 3 is 3.12 bits per heavy atom. The summed E-state index contributed by atoms with van der Waals surface area (Å²) < 4.78 is 5.11. The first-order chi connectivity index (χ1) is 8.29. The molecule has 1 aromatic heterocycles. The van der Waals surface area contributed by atoms with Crippen molar-refractivity contribution in [3.05, 3.63) is 18.2 Å². The number of rotatable bonds is 4. The Morgan fingerprint density at radius 2 is 2.35 bits per heavy atom. The highest BCUT2D eigenvalue weighted by molar-refractivity contribution is 5.37. The van der Waals surface area contributed by atoms with Crippen LogP contribution in [-0.4, -0.2) is 43.2 Å². The predicted octanol–water partition coefficient (Wildman–Crippen LogP) is 1.99. The summed E-state index contributed by atoms with van der Waals surface area (Å²) in [6.45, 7) is 2.16. The Kier molecular flexibility index (Phi) is 4.20. The molecule has 1 aliphatic rings. The number of hydrogen-bond acceptors (Lipinski definition) is 4. The molecule has 2 rings (SSSR count). The minimum atomic E-state index is 0.622. The van der Waals surface area contributed by atoms with E-state index in [1.807, 2.05) is 18.2 Å². The highest BCUT2D eigenvalue weighted by Crippen LogP contribution is 2.16. The number of anilines is 1. The van der Waals surface area contributed by atoms with Crippen molar-refractivity contribution in [3.8, 4) is 5.88 Å². The Hall–Kier alpha value is -1.29. The Labute approximate surface area is 103 Å². The van der Waals surface area contributed by atoms with Crippen molar-refractivity contribution in [1.29, 1.82) is 0 Å². The van der Waals surface area contributed by atoms with Gasteiger partial charge in [-0.1, -0.05) is 12.5 Å². The van der Waals surface area contributed by atoms with Gasteiger partial charge in [0.15, 0.2) is 0 Å². The summed E-state index contributed by atoms with van der Waals surface area (Å²) in [6, 6.07) is 6.42. The van der Waals surface area contributed by atoms with E-state index in [0.717, 1.165) is 12.4 Å². The first-order valence-corrected chi connectivity index (χ1v) is 6.25. The van der Waals surface area contributed by atoms with Crippen molar-refractivity contribution >= 4 is 5.82 Å². The Bertz CT molecular complexity index is 356. The van der Waals surface area contributed by atoms with E-state index in [2.05, 4.69) is 22.2 Å². The maximum atomic E-state index is 5.11. The van der Waals surface area contributed by atoms with Crippen LogP contribution in [0, 0.1) is 0 Å². The summed E-state index contributed by atoms with van der Waals surface area (Å²) in [6.07, 6.45) is 3.93. The number of methoxy groups -OCH3 is 1. The van der Waals surface area contributed by atoms with Gasteiger partial charge < -0.3 is 15.0 Å². The predicted molar refractivity (Wildman–Crippen MR) is 69.5 cm³/mol. The molecule has 1 aliphatic heterocycles. The summed E-state index contributed by atoms with van der Waals surface area (Å²) in [5, 5.41) is 3.39. The topological polar surface area (TPSA) is 37.4 Å². The number of nitrogens with one attached hydrogen (secondary N) is 1. The fourth-order valence-corrected chi connectivity index (χ4v) is 2.25. The SMILES string of the molecule is COc1cccc(NCC2CCCCN2C)n1.